The summed E-state index contributed by atoms with van der Waals surface area (Å²) in [7, 11) is 1.72. The fraction of sp³-hybridized carbons (Fsp3) is 0.556. The fourth-order valence-corrected chi connectivity index (χ4v) is 7.55. The van der Waals surface area contributed by atoms with Gasteiger partial charge in [-0.05, 0) is 0 Å². The topological polar surface area (TPSA) is 9.23 Å². The quantitative estimate of drug-likeness (QED) is 0.401. The number of ether oxygens (including phenoxy) is 1. The molecule has 0 aliphatic carbocycles. The van der Waals surface area contributed by atoms with E-state index in [4.69, 9.17) is 4.74 Å². The van der Waals surface area contributed by atoms with Gasteiger partial charge in [-0.25, -0.2) is 0 Å². The Morgan fingerprint density at radius 1 is 1.05 bits per heavy atom. The molecule has 2 heteroatoms. The summed E-state index contributed by atoms with van der Waals surface area (Å²) in [4.78, 5) is 7.49. The molecule has 0 amide bonds. The first kappa shape index (κ1) is 17.6. The van der Waals surface area contributed by atoms with Crippen LogP contribution in [0.5, 0.6) is 5.75 Å². The summed E-state index contributed by atoms with van der Waals surface area (Å²) in [5.41, 5.74) is 1.41. The molecule has 0 saturated heterocycles. The minimum atomic E-state index is -2.06. The molecule has 1 aromatic rings. The summed E-state index contributed by atoms with van der Waals surface area (Å²) in [6, 6.07) is 8.60. The van der Waals surface area contributed by atoms with E-state index in [-0.39, 0.29) is 0 Å². The van der Waals surface area contributed by atoms with E-state index in [2.05, 4.69) is 52.1 Å². The second-order valence-electron chi connectivity index (χ2n) is 6.45. The Kier molecular flexibility index (Phi) is 7.71. The summed E-state index contributed by atoms with van der Waals surface area (Å²) >= 11 is -2.06. The van der Waals surface area contributed by atoms with E-state index in [1.54, 1.807) is 10.7 Å². The van der Waals surface area contributed by atoms with Gasteiger partial charge in [-0.15, -0.1) is 0 Å². The molecule has 0 aliphatic heterocycles. The van der Waals surface area contributed by atoms with E-state index in [0.717, 1.165) is 5.75 Å². The normalized spacial score (nSPS) is 12.6. The number of hydrogen-bond donors (Lipinski definition) is 0. The maximum atomic E-state index is 5.26. The van der Waals surface area contributed by atoms with Gasteiger partial charge in [0.05, 0.1) is 0 Å². The molecule has 0 fully saturated rings. The van der Waals surface area contributed by atoms with Gasteiger partial charge in [-0.2, -0.15) is 0 Å². The first-order valence-electron chi connectivity index (χ1n) is 7.84. The van der Waals surface area contributed by atoms with Gasteiger partial charge in [-0.1, -0.05) is 0 Å². The van der Waals surface area contributed by atoms with Crippen molar-refractivity contribution in [3.05, 3.63) is 35.9 Å². The summed E-state index contributed by atoms with van der Waals surface area (Å²) in [6.45, 7) is 2.27. The van der Waals surface area contributed by atoms with Crippen molar-refractivity contribution in [1.82, 2.24) is 0 Å². The molecule has 20 heavy (non-hydrogen) atoms. The molecule has 1 nitrogen and oxygen atoms in total. The Balaban J connectivity index is 2.80. The van der Waals surface area contributed by atoms with E-state index >= 15 is 0 Å². The standard InChI is InChI=1S/C15H21O.3CH3.Sn/c1-3-4-5-6-7-8-9-14-10-12-15(16-2)13-11-14;;;;/h8,10-13H,3-7H2,1-2H3;3*1H3;. The number of unbranched alkanes of at least 4 members (excludes halogenated alkanes) is 4. The van der Waals surface area contributed by atoms with E-state index in [1.807, 2.05) is 0 Å². The van der Waals surface area contributed by atoms with Crippen molar-refractivity contribution in [2.75, 3.05) is 7.11 Å². The van der Waals surface area contributed by atoms with Gasteiger partial charge in [0.2, 0.25) is 0 Å². The first-order valence-corrected chi connectivity index (χ1v) is 17.8. The molecule has 0 aliphatic rings. The van der Waals surface area contributed by atoms with Crippen LogP contribution < -0.4 is 4.74 Å². The van der Waals surface area contributed by atoms with Crippen LogP contribution in [-0.2, 0) is 0 Å². The van der Waals surface area contributed by atoms with Crippen LogP contribution >= 0.6 is 0 Å². The zero-order chi connectivity index (χ0) is 15.0. The summed E-state index contributed by atoms with van der Waals surface area (Å²) in [6.07, 6.45) is 9.12. The molecule has 112 valence electrons. The van der Waals surface area contributed by atoms with Crippen LogP contribution in [0.4, 0.5) is 0 Å². The molecule has 0 N–H and O–H groups in total. The summed E-state index contributed by atoms with van der Waals surface area (Å²) in [5.74, 6) is 0.945. The van der Waals surface area contributed by atoms with E-state index in [1.165, 1.54) is 37.7 Å². The molecular weight excluding hydrogens is 351 g/mol. The van der Waals surface area contributed by atoms with Crippen LogP contribution in [0.2, 0.25) is 14.8 Å². The molecule has 1 rings (SSSR count). The maximum absolute atomic E-state index is 5.26. The zero-order valence-electron chi connectivity index (χ0n) is 13.8. The predicted molar refractivity (Wildman–Crippen MR) is 93.1 cm³/mol. The van der Waals surface area contributed by atoms with Crippen LogP contribution in [0.3, 0.4) is 0 Å². The average molecular weight is 381 g/mol. The molecule has 0 spiro atoms. The van der Waals surface area contributed by atoms with Gasteiger partial charge in [0, 0.05) is 0 Å². The van der Waals surface area contributed by atoms with Crippen molar-refractivity contribution in [2.45, 2.75) is 53.8 Å². The average Bonchev–Trinajstić information content (AvgIpc) is 2.42. The van der Waals surface area contributed by atoms with E-state index in [0.29, 0.717) is 0 Å². The van der Waals surface area contributed by atoms with Gasteiger partial charge in [0.15, 0.2) is 0 Å². The van der Waals surface area contributed by atoms with Crippen LogP contribution in [0.1, 0.15) is 44.6 Å². The molecule has 0 saturated carbocycles. The Morgan fingerprint density at radius 3 is 2.20 bits per heavy atom. The molecule has 0 aromatic heterocycles. The number of benzene rings is 1. The van der Waals surface area contributed by atoms with Crippen molar-refractivity contribution in [1.29, 1.82) is 0 Å². The summed E-state index contributed by atoms with van der Waals surface area (Å²) in [5, 5.41) is 0. The Hall–Kier alpha value is -0.441. The van der Waals surface area contributed by atoms with Crippen molar-refractivity contribution >= 4 is 22.0 Å². The molecule has 1 aromatic carbocycles. The number of rotatable bonds is 8. The molecular formula is C18H30OSn. The van der Waals surface area contributed by atoms with Crippen molar-refractivity contribution in [3.63, 3.8) is 0 Å². The van der Waals surface area contributed by atoms with Gasteiger partial charge in [0.25, 0.3) is 0 Å². The Morgan fingerprint density at radius 2 is 1.70 bits per heavy atom. The molecule has 0 unspecified atom stereocenters. The molecule has 0 bridgehead atoms. The van der Waals surface area contributed by atoms with Crippen LogP contribution in [-0.4, -0.2) is 25.5 Å². The second-order valence-corrected chi connectivity index (χ2v) is 20.8. The third-order valence-electron chi connectivity index (χ3n) is 3.62. The van der Waals surface area contributed by atoms with Crippen LogP contribution in [0.25, 0.3) is 3.59 Å². The van der Waals surface area contributed by atoms with E-state index < -0.39 is 18.4 Å². The van der Waals surface area contributed by atoms with Gasteiger partial charge >= 0.3 is 129 Å². The summed E-state index contributed by atoms with van der Waals surface area (Å²) < 4.78 is 6.91. The second kappa shape index (κ2) is 8.76. The van der Waals surface area contributed by atoms with Crippen molar-refractivity contribution in [3.8, 4) is 5.75 Å². The number of allylic oxidation sites excluding steroid dienone is 1. The fourth-order valence-electron chi connectivity index (χ4n) is 2.45. The Bertz CT molecular complexity index is 412. The van der Waals surface area contributed by atoms with Gasteiger partial charge in [0.1, 0.15) is 0 Å². The number of methoxy groups -OCH3 is 1. The van der Waals surface area contributed by atoms with Crippen molar-refractivity contribution in [2.24, 2.45) is 0 Å². The minimum absolute atomic E-state index is 0.945. The zero-order valence-corrected chi connectivity index (χ0v) is 16.7. The molecule has 0 atom stereocenters. The van der Waals surface area contributed by atoms with E-state index in [9.17, 15) is 0 Å². The number of hydrogen-bond acceptors (Lipinski definition) is 1. The molecule has 0 radical (unpaired) electrons. The third kappa shape index (κ3) is 5.90. The third-order valence-corrected chi connectivity index (χ3v) is 9.63. The predicted octanol–water partition coefficient (Wildman–Crippen LogP) is 5.93. The van der Waals surface area contributed by atoms with Crippen LogP contribution in [0, 0.1) is 0 Å². The monoisotopic (exact) mass is 382 g/mol. The SMILES string of the molecule is CCCCCC/C=[C](\c1ccc(OC)cc1)[Sn]([CH3])([CH3])[CH3]. The molecule has 0 heterocycles. The van der Waals surface area contributed by atoms with Gasteiger partial charge in [-0.3, -0.25) is 0 Å². The van der Waals surface area contributed by atoms with Gasteiger partial charge < -0.3 is 0 Å². The van der Waals surface area contributed by atoms with Crippen LogP contribution in [0.15, 0.2) is 30.3 Å². The first-order chi connectivity index (χ1) is 9.49. The Labute approximate surface area is 129 Å². The van der Waals surface area contributed by atoms with Crippen molar-refractivity contribution < 1.29 is 4.74 Å².